The van der Waals surface area contributed by atoms with E-state index in [0.717, 1.165) is 24.2 Å². The Morgan fingerprint density at radius 2 is 1.86 bits per heavy atom. The molecule has 1 aliphatic carbocycles. The van der Waals surface area contributed by atoms with E-state index in [-0.39, 0.29) is 11.5 Å². The van der Waals surface area contributed by atoms with Crippen LogP contribution in [0.2, 0.25) is 0 Å². The maximum absolute atomic E-state index is 9.44. The van der Waals surface area contributed by atoms with Crippen LogP contribution in [-0.4, -0.2) is 20.4 Å². The first-order chi connectivity index (χ1) is 10.2. The van der Waals surface area contributed by atoms with Gasteiger partial charge in [-0.15, -0.1) is 0 Å². The minimum absolute atomic E-state index is 0.135. The molecule has 2 N–H and O–H groups in total. The van der Waals surface area contributed by atoms with Gasteiger partial charge in [-0.2, -0.15) is 4.98 Å². The predicted octanol–water partition coefficient (Wildman–Crippen LogP) is 3.70. The molecule has 5 heteroatoms. The molecule has 110 valence electrons. The van der Waals surface area contributed by atoms with Crippen LogP contribution in [0.4, 0.5) is 0 Å². The first-order valence-electron chi connectivity index (χ1n) is 7.26. The van der Waals surface area contributed by atoms with E-state index in [1.807, 2.05) is 0 Å². The van der Waals surface area contributed by atoms with Crippen LogP contribution in [0.5, 0.6) is 11.5 Å². The van der Waals surface area contributed by atoms with Crippen LogP contribution < -0.4 is 0 Å². The van der Waals surface area contributed by atoms with Gasteiger partial charge >= 0.3 is 0 Å². The third-order valence-electron chi connectivity index (χ3n) is 3.85. The zero-order valence-electron chi connectivity index (χ0n) is 11.7. The van der Waals surface area contributed by atoms with Crippen LogP contribution in [0.25, 0.3) is 12.2 Å². The molecular weight excluding hydrogens is 268 g/mol. The summed E-state index contributed by atoms with van der Waals surface area (Å²) in [6.07, 6.45) is 9.51. The predicted molar refractivity (Wildman–Crippen MR) is 78.8 cm³/mol. The highest BCUT2D eigenvalue weighted by Crippen LogP contribution is 2.31. The summed E-state index contributed by atoms with van der Waals surface area (Å²) < 4.78 is 5.23. The van der Waals surface area contributed by atoms with Crippen molar-refractivity contribution in [2.24, 2.45) is 0 Å². The molecule has 1 fully saturated rings. The van der Waals surface area contributed by atoms with Crippen molar-refractivity contribution < 1.29 is 14.7 Å². The Morgan fingerprint density at radius 3 is 2.62 bits per heavy atom. The van der Waals surface area contributed by atoms with Crippen LogP contribution >= 0.6 is 0 Å². The number of phenolic OH excluding ortho intramolecular Hbond substituents is 2. The van der Waals surface area contributed by atoms with E-state index in [4.69, 9.17) is 4.52 Å². The lowest BCUT2D eigenvalue weighted by Crippen LogP contribution is -2.06. The Morgan fingerprint density at radius 1 is 1.05 bits per heavy atom. The van der Waals surface area contributed by atoms with Crippen molar-refractivity contribution in [3.05, 3.63) is 35.5 Å². The van der Waals surface area contributed by atoms with E-state index in [1.54, 1.807) is 18.2 Å². The molecule has 0 atom stereocenters. The molecule has 1 aliphatic rings. The van der Waals surface area contributed by atoms with E-state index in [0.29, 0.717) is 11.8 Å². The summed E-state index contributed by atoms with van der Waals surface area (Å²) in [6, 6.07) is 4.62. The van der Waals surface area contributed by atoms with Gasteiger partial charge in [-0.3, -0.25) is 0 Å². The molecule has 1 saturated carbocycles. The Bertz CT molecular complexity index is 643. The normalized spacial score (nSPS) is 16.6. The second kappa shape index (κ2) is 5.99. The molecule has 0 spiro atoms. The average molecular weight is 286 g/mol. The van der Waals surface area contributed by atoms with Crippen molar-refractivity contribution >= 4 is 12.2 Å². The molecule has 1 heterocycles. The van der Waals surface area contributed by atoms with Crippen LogP contribution in [0.15, 0.2) is 22.7 Å². The number of aromatic nitrogens is 2. The van der Waals surface area contributed by atoms with Crippen molar-refractivity contribution in [3.63, 3.8) is 0 Å². The Balaban J connectivity index is 1.71. The molecule has 21 heavy (non-hydrogen) atoms. The van der Waals surface area contributed by atoms with Gasteiger partial charge < -0.3 is 14.7 Å². The maximum atomic E-state index is 9.44. The van der Waals surface area contributed by atoms with Crippen LogP contribution in [0, 0.1) is 0 Å². The van der Waals surface area contributed by atoms with Gasteiger partial charge in [-0.05, 0) is 36.6 Å². The van der Waals surface area contributed by atoms with E-state index >= 15 is 0 Å². The summed E-state index contributed by atoms with van der Waals surface area (Å²) in [5.41, 5.74) is 0.753. The quantitative estimate of drug-likeness (QED) is 0.841. The fourth-order valence-electron chi connectivity index (χ4n) is 2.65. The highest BCUT2D eigenvalue weighted by Gasteiger charge is 2.20. The Kier molecular flexibility index (Phi) is 3.90. The van der Waals surface area contributed by atoms with Gasteiger partial charge in [0.25, 0.3) is 5.89 Å². The summed E-state index contributed by atoms with van der Waals surface area (Å²) in [4.78, 5) is 4.41. The lowest BCUT2D eigenvalue weighted by molar-refractivity contribution is 0.376. The molecule has 0 radical (unpaired) electrons. The summed E-state index contributed by atoms with van der Waals surface area (Å²) in [5, 5.41) is 22.8. The number of hydrogen-bond acceptors (Lipinski definition) is 5. The zero-order valence-corrected chi connectivity index (χ0v) is 11.7. The standard InChI is InChI=1S/C16H18N2O3/c19-13-8-6-11(10-14(13)20)7-9-15-17-16(18-21-15)12-4-2-1-3-5-12/h6-10,12,19-20H,1-5H2. The lowest BCUT2D eigenvalue weighted by Gasteiger charge is -2.17. The fourth-order valence-corrected chi connectivity index (χ4v) is 2.65. The van der Waals surface area contributed by atoms with Crippen molar-refractivity contribution in [2.75, 3.05) is 0 Å². The van der Waals surface area contributed by atoms with Gasteiger partial charge in [-0.25, -0.2) is 0 Å². The van der Waals surface area contributed by atoms with E-state index in [2.05, 4.69) is 10.1 Å². The Hall–Kier alpha value is -2.30. The van der Waals surface area contributed by atoms with Crippen LogP contribution in [0.3, 0.4) is 0 Å². The molecule has 5 nitrogen and oxygen atoms in total. The molecule has 1 aromatic carbocycles. The number of phenols is 2. The van der Waals surface area contributed by atoms with Crippen LogP contribution in [0.1, 0.15) is 55.3 Å². The SMILES string of the molecule is Oc1ccc(C=Cc2nc(C3CCCCC3)no2)cc1O. The molecule has 0 bridgehead atoms. The highest BCUT2D eigenvalue weighted by atomic mass is 16.5. The molecule has 1 aromatic heterocycles. The summed E-state index contributed by atoms with van der Waals surface area (Å²) in [6.45, 7) is 0. The zero-order chi connectivity index (χ0) is 14.7. The average Bonchev–Trinajstić information content (AvgIpc) is 2.98. The minimum Gasteiger partial charge on any atom is -0.504 e. The lowest BCUT2D eigenvalue weighted by atomic mass is 9.89. The van der Waals surface area contributed by atoms with E-state index in [1.165, 1.54) is 31.4 Å². The minimum atomic E-state index is -0.148. The first-order valence-corrected chi connectivity index (χ1v) is 7.26. The highest BCUT2D eigenvalue weighted by molar-refractivity contribution is 5.67. The molecule has 0 unspecified atom stereocenters. The summed E-state index contributed by atoms with van der Waals surface area (Å²) in [5.74, 6) is 1.39. The van der Waals surface area contributed by atoms with Crippen molar-refractivity contribution in [3.8, 4) is 11.5 Å². The van der Waals surface area contributed by atoms with Gasteiger partial charge in [0.15, 0.2) is 17.3 Å². The number of aromatic hydroxyl groups is 2. The molecule has 0 amide bonds. The van der Waals surface area contributed by atoms with Gasteiger partial charge in [0.05, 0.1) is 0 Å². The third kappa shape index (κ3) is 3.24. The van der Waals surface area contributed by atoms with Crippen LogP contribution in [-0.2, 0) is 0 Å². The number of nitrogens with zero attached hydrogens (tertiary/aromatic N) is 2. The number of benzene rings is 1. The molecule has 0 saturated heterocycles. The van der Waals surface area contributed by atoms with E-state index < -0.39 is 0 Å². The second-order valence-corrected chi connectivity index (χ2v) is 5.41. The van der Waals surface area contributed by atoms with Gasteiger partial charge in [0.1, 0.15) is 0 Å². The van der Waals surface area contributed by atoms with Crippen molar-refractivity contribution in [1.82, 2.24) is 10.1 Å². The van der Waals surface area contributed by atoms with E-state index in [9.17, 15) is 10.2 Å². The van der Waals surface area contributed by atoms with Gasteiger partial charge in [-0.1, -0.05) is 30.5 Å². The molecular formula is C16H18N2O3. The monoisotopic (exact) mass is 286 g/mol. The fraction of sp³-hybridized carbons (Fsp3) is 0.375. The number of hydrogen-bond donors (Lipinski definition) is 2. The maximum Gasteiger partial charge on any atom is 0.250 e. The smallest absolute Gasteiger partial charge is 0.250 e. The largest absolute Gasteiger partial charge is 0.504 e. The molecule has 0 aliphatic heterocycles. The Labute approximate surface area is 122 Å². The third-order valence-corrected chi connectivity index (χ3v) is 3.85. The first kappa shape index (κ1) is 13.7. The van der Waals surface area contributed by atoms with Gasteiger partial charge in [0.2, 0.25) is 0 Å². The topological polar surface area (TPSA) is 79.4 Å². The summed E-state index contributed by atoms with van der Waals surface area (Å²) >= 11 is 0. The van der Waals surface area contributed by atoms with Crippen molar-refractivity contribution in [2.45, 2.75) is 38.0 Å². The molecule has 2 aromatic rings. The van der Waals surface area contributed by atoms with Crippen molar-refractivity contribution in [1.29, 1.82) is 0 Å². The summed E-state index contributed by atoms with van der Waals surface area (Å²) in [7, 11) is 0. The van der Waals surface area contributed by atoms with Gasteiger partial charge in [0, 0.05) is 12.0 Å². The number of rotatable bonds is 3. The molecule has 3 rings (SSSR count). The second-order valence-electron chi connectivity index (χ2n) is 5.41.